The van der Waals surface area contributed by atoms with Gasteiger partial charge in [-0.25, -0.2) is 0 Å². The lowest BCUT2D eigenvalue weighted by molar-refractivity contribution is -0.129. The van der Waals surface area contributed by atoms with Crippen LogP contribution in [0.4, 0.5) is 0 Å². The Morgan fingerprint density at radius 3 is 2.78 bits per heavy atom. The summed E-state index contributed by atoms with van der Waals surface area (Å²) < 4.78 is 0.884. The smallest absolute Gasteiger partial charge is 0.236 e. The maximum absolute atomic E-state index is 11.8. The fourth-order valence-corrected chi connectivity index (χ4v) is 2.59. The third kappa shape index (κ3) is 3.70. The normalized spacial score (nSPS) is 15.1. The number of rotatable bonds is 4. The number of benzene rings is 1. The summed E-state index contributed by atoms with van der Waals surface area (Å²) in [6, 6.07) is 5.78. The first kappa shape index (κ1) is 13.8. The van der Waals surface area contributed by atoms with Gasteiger partial charge in [0.1, 0.15) is 0 Å². The third-order valence-electron chi connectivity index (χ3n) is 3.05. The van der Waals surface area contributed by atoms with Gasteiger partial charge in [-0.1, -0.05) is 17.7 Å². The second-order valence-corrected chi connectivity index (χ2v) is 5.70. The van der Waals surface area contributed by atoms with Crippen LogP contribution in [0.3, 0.4) is 0 Å². The Balaban J connectivity index is 1.77. The fraction of sp³-hybridized carbons (Fsp3) is 0.462. The first-order valence-electron chi connectivity index (χ1n) is 6.09. The zero-order valence-electron chi connectivity index (χ0n) is 10.1. The van der Waals surface area contributed by atoms with E-state index in [0.717, 1.165) is 36.0 Å². The molecule has 1 N–H and O–H groups in total. The minimum Gasteiger partial charge on any atom is -0.342 e. The lowest BCUT2D eigenvalue weighted by Crippen LogP contribution is -2.35. The molecule has 1 amide bonds. The van der Waals surface area contributed by atoms with Gasteiger partial charge in [-0.05, 0) is 46.5 Å². The minimum absolute atomic E-state index is 0.195. The minimum atomic E-state index is 0.195. The third-order valence-corrected chi connectivity index (χ3v) is 4.26. The van der Waals surface area contributed by atoms with Gasteiger partial charge in [-0.3, -0.25) is 4.79 Å². The molecule has 1 aromatic carbocycles. The molecule has 5 heteroatoms. The van der Waals surface area contributed by atoms with Gasteiger partial charge in [0, 0.05) is 24.1 Å². The highest BCUT2D eigenvalue weighted by Gasteiger charge is 2.16. The maximum atomic E-state index is 11.8. The SMILES string of the molecule is O=C(CNCc1ccc(Cl)c(Br)c1)N1CCCC1. The number of amides is 1. The maximum Gasteiger partial charge on any atom is 0.236 e. The van der Waals surface area contributed by atoms with Crippen LogP contribution in [-0.2, 0) is 11.3 Å². The Labute approximate surface area is 121 Å². The summed E-state index contributed by atoms with van der Waals surface area (Å²) in [5, 5.41) is 3.87. The molecule has 0 spiro atoms. The van der Waals surface area contributed by atoms with Gasteiger partial charge in [0.15, 0.2) is 0 Å². The quantitative estimate of drug-likeness (QED) is 0.920. The molecule has 0 radical (unpaired) electrons. The Hall–Kier alpha value is -0.580. The number of nitrogens with zero attached hydrogens (tertiary/aromatic N) is 1. The Bertz CT molecular complexity index is 433. The molecule has 1 aliphatic rings. The number of carbonyl (C=O) groups is 1. The van der Waals surface area contributed by atoms with Crippen LogP contribution in [0.2, 0.25) is 5.02 Å². The molecule has 0 aliphatic carbocycles. The number of carbonyl (C=O) groups excluding carboxylic acids is 1. The average Bonchev–Trinajstić information content (AvgIpc) is 2.87. The first-order chi connectivity index (χ1) is 8.66. The van der Waals surface area contributed by atoms with Crippen molar-refractivity contribution in [2.75, 3.05) is 19.6 Å². The van der Waals surface area contributed by atoms with E-state index in [2.05, 4.69) is 21.2 Å². The molecule has 2 rings (SSSR count). The van der Waals surface area contributed by atoms with E-state index in [-0.39, 0.29) is 5.91 Å². The zero-order valence-corrected chi connectivity index (χ0v) is 12.4. The molecule has 18 heavy (non-hydrogen) atoms. The number of likely N-dealkylation sites (tertiary alicyclic amines) is 1. The molecule has 0 bridgehead atoms. The second-order valence-electron chi connectivity index (χ2n) is 4.44. The molecule has 98 valence electrons. The van der Waals surface area contributed by atoms with Gasteiger partial charge in [0.2, 0.25) is 5.91 Å². The van der Waals surface area contributed by atoms with Crippen molar-refractivity contribution in [3.8, 4) is 0 Å². The molecule has 0 unspecified atom stereocenters. The van der Waals surface area contributed by atoms with Crippen molar-refractivity contribution in [3.05, 3.63) is 33.3 Å². The molecule has 1 aromatic rings. The Morgan fingerprint density at radius 1 is 1.39 bits per heavy atom. The summed E-state index contributed by atoms with van der Waals surface area (Å²) in [6.45, 7) is 2.90. The van der Waals surface area contributed by atoms with Crippen LogP contribution in [0.5, 0.6) is 0 Å². The average molecular weight is 332 g/mol. The van der Waals surface area contributed by atoms with Crippen molar-refractivity contribution in [2.24, 2.45) is 0 Å². The second kappa shape index (κ2) is 6.55. The number of hydrogen-bond donors (Lipinski definition) is 1. The van der Waals surface area contributed by atoms with E-state index < -0.39 is 0 Å². The highest BCUT2D eigenvalue weighted by molar-refractivity contribution is 9.10. The summed E-state index contributed by atoms with van der Waals surface area (Å²) in [5.74, 6) is 0.195. The van der Waals surface area contributed by atoms with Crippen LogP contribution in [-0.4, -0.2) is 30.4 Å². The molecular formula is C13H16BrClN2O. The summed E-state index contributed by atoms with van der Waals surface area (Å²) in [5.41, 5.74) is 1.11. The van der Waals surface area contributed by atoms with Crippen molar-refractivity contribution in [3.63, 3.8) is 0 Å². The molecular weight excluding hydrogens is 316 g/mol. The van der Waals surface area contributed by atoms with Gasteiger partial charge in [-0.15, -0.1) is 0 Å². The first-order valence-corrected chi connectivity index (χ1v) is 7.26. The van der Waals surface area contributed by atoms with Crippen molar-refractivity contribution >= 4 is 33.4 Å². The molecule has 0 aromatic heterocycles. The summed E-state index contributed by atoms with van der Waals surface area (Å²) >= 11 is 9.31. The van der Waals surface area contributed by atoms with E-state index >= 15 is 0 Å². The predicted octanol–water partition coefficient (Wildman–Crippen LogP) is 2.81. The van der Waals surface area contributed by atoms with Gasteiger partial charge in [0.05, 0.1) is 11.6 Å². The van der Waals surface area contributed by atoms with E-state index in [1.165, 1.54) is 0 Å². The molecule has 3 nitrogen and oxygen atoms in total. The standard InChI is InChI=1S/C13H16BrClN2O/c14-11-7-10(3-4-12(11)15)8-16-9-13(18)17-5-1-2-6-17/h3-4,7,16H,1-2,5-6,8-9H2. The van der Waals surface area contributed by atoms with E-state index in [9.17, 15) is 4.79 Å². The zero-order chi connectivity index (χ0) is 13.0. The molecule has 1 saturated heterocycles. The fourth-order valence-electron chi connectivity index (χ4n) is 2.04. The molecule has 0 atom stereocenters. The van der Waals surface area contributed by atoms with E-state index in [4.69, 9.17) is 11.6 Å². The van der Waals surface area contributed by atoms with E-state index in [1.54, 1.807) is 0 Å². The summed E-state index contributed by atoms with van der Waals surface area (Å²) in [4.78, 5) is 13.7. The molecule has 0 saturated carbocycles. The van der Waals surface area contributed by atoms with Crippen molar-refractivity contribution < 1.29 is 4.79 Å². The lowest BCUT2D eigenvalue weighted by Gasteiger charge is -2.15. The highest BCUT2D eigenvalue weighted by atomic mass is 79.9. The van der Waals surface area contributed by atoms with Crippen molar-refractivity contribution in [1.29, 1.82) is 0 Å². The van der Waals surface area contributed by atoms with Crippen LogP contribution in [0.25, 0.3) is 0 Å². The highest BCUT2D eigenvalue weighted by Crippen LogP contribution is 2.23. The molecule has 1 fully saturated rings. The van der Waals surface area contributed by atoms with Crippen LogP contribution in [0.1, 0.15) is 18.4 Å². The van der Waals surface area contributed by atoms with Gasteiger partial charge >= 0.3 is 0 Å². The van der Waals surface area contributed by atoms with Gasteiger partial charge in [-0.2, -0.15) is 0 Å². The van der Waals surface area contributed by atoms with Crippen LogP contribution < -0.4 is 5.32 Å². The van der Waals surface area contributed by atoms with Crippen molar-refractivity contribution in [1.82, 2.24) is 10.2 Å². The van der Waals surface area contributed by atoms with Crippen molar-refractivity contribution in [2.45, 2.75) is 19.4 Å². The van der Waals surface area contributed by atoms with Gasteiger partial charge in [0.25, 0.3) is 0 Å². The van der Waals surface area contributed by atoms with E-state index in [0.29, 0.717) is 18.1 Å². The molecule has 1 aliphatic heterocycles. The summed E-state index contributed by atoms with van der Waals surface area (Å²) in [6.07, 6.45) is 2.27. The van der Waals surface area contributed by atoms with Gasteiger partial charge < -0.3 is 10.2 Å². The monoisotopic (exact) mass is 330 g/mol. The number of halogens is 2. The largest absolute Gasteiger partial charge is 0.342 e. The topological polar surface area (TPSA) is 32.3 Å². The van der Waals surface area contributed by atoms with Crippen LogP contribution >= 0.6 is 27.5 Å². The van der Waals surface area contributed by atoms with E-state index in [1.807, 2.05) is 23.1 Å². The van der Waals surface area contributed by atoms with Crippen LogP contribution in [0.15, 0.2) is 22.7 Å². The predicted molar refractivity (Wildman–Crippen MR) is 76.7 cm³/mol. The molecule has 1 heterocycles. The summed E-state index contributed by atoms with van der Waals surface area (Å²) in [7, 11) is 0. The number of hydrogen-bond acceptors (Lipinski definition) is 2. The number of nitrogens with one attached hydrogen (secondary N) is 1. The Kier molecular flexibility index (Phi) is 5.03. The van der Waals surface area contributed by atoms with Crippen LogP contribution in [0, 0.1) is 0 Å². The lowest BCUT2D eigenvalue weighted by atomic mass is 10.2. The Morgan fingerprint density at radius 2 is 2.11 bits per heavy atom.